The van der Waals surface area contributed by atoms with E-state index >= 15 is 0 Å². The molecule has 3 aromatic carbocycles. The number of halogens is 1. The van der Waals surface area contributed by atoms with Gasteiger partial charge in [-0.2, -0.15) is 5.26 Å². The van der Waals surface area contributed by atoms with E-state index in [2.05, 4.69) is 53.5 Å². The smallest absolute Gasteiger partial charge is 0.255 e. The van der Waals surface area contributed by atoms with Gasteiger partial charge in [0, 0.05) is 56.3 Å². The predicted molar refractivity (Wildman–Crippen MR) is 169 cm³/mol. The fourth-order valence-corrected chi connectivity index (χ4v) is 6.57. The number of piperazine rings is 1. The Hall–Kier alpha value is -4.79. The number of carbonyl (C=O) groups excluding carboxylic acids is 3. The van der Waals surface area contributed by atoms with E-state index in [0.29, 0.717) is 48.7 Å². The second-order valence-corrected chi connectivity index (χ2v) is 12.3. The summed E-state index contributed by atoms with van der Waals surface area (Å²) < 4.78 is 20.9. The maximum absolute atomic E-state index is 14.7. The molecule has 6 rings (SSSR count). The maximum Gasteiger partial charge on any atom is 0.255 e. The second-order valence-electron chi connectivity index (χ2n) is 12.3. The van der Waals surface area contributed by atoms with Crippen LogP contribution in [0.5, 0.6) is 5.75 Å². The van der Waals surface area contributed by atoms with Gasteiger partial charge < -0.3 is 19.4 Å². The number of hydrogen-bond acceptors (Lipinski definition) is 8. The molecule has 3 heterocycles. The molecule has 0 bridgehead atoms. The molecule has 11 heteroatoms. The molecule has 3 aliphatic rings. The molecule has 2 atom stereocenters. The van der Waals surface area contributed by atoms with E-state index in [1.807, 2.05) is 17.0 Å². The second kappa shape index (κ2) is 13.3. The van der Waals surface area contributed by atoms with Gasteiger partial charge in [-0.05, 0) is 62.0 Å². The molecule has 0 radical (unpaired) electrons. The van der Waals surface area contributed by atoms with Crippen LogP contribution in [0.15, 0.2) is 60.7 Å². The van der Waals surface area contributed by atoms with Crippen LogP contribution in [0.4, 0.5) is 10.1 Å². The zero-order valence-electron chi connectivity index (χ0n) is 26.0. The van der Waals surface area contributed by atoms with Crippen LogP contribution in [0.25, 0.3) is 0 Å². The van der Waals surface area contributed by atoms with Gasteiger partial charge in [0.25, 0.3) is 5.91 Å². The predicted octanol–water partition coefficient (Wildman–Crippen LogP) is 3.46. The van der Waals surface area contributed by atoms with E-state index in [1.54, 1.807) is 24.3 Å². The molecule has 0 aromatic heterocycles. The van der Waals surface area contributed by atoms with Gasteiger partial charge >= 0.3 is 0 Å². The Kier molecular flexibility index (Phi) is 9.01. The Balaban J connectivity index is 1.10. The number of fused-ring (bicyclic) bond motifs is 1. The van der Waals surface area contributed by atoms with Crippen LogP contribution >= 0.6 is 0 Å². The van der Waals surface area contributed by atoms with E-state index in [0.717, 1.165) is 30.8 Å². The number of likely N-dealkylation sites (N-methyl/N-ethyl adjacent to an activating group) is 1. The van der Waals surface area contributed by atoms with Crippen LogP contribution in [0.2, 0.25) is 0 Å². The van der Waals surface area contributed by atoms with Gasteiger partial charge in [-0.3, -0.25) is 24.6 Å². The molecule has 1 N–H and O–H groups in total. The summed E-state index contributed by atoms with van der Waals surface area (Å²) in [4.78, 5) is 45.4. The fourth-order valence-electron chi connectivity index (χ4n) is 6.57. The third-order valence-electron chi connectivity index (χ3n) is 9.01. The molecule has 2 fully saturated rings. The first-order chi connectivity index (χ1) is 22.2. The van der Waals surface area contributed by atoms with Crippen molar-refractivity contribution in [3.63, 3.8) is 0 Å². The summed E-state index contributed by atoms with van der Waals surface area (Å²) in [7, 11) is 4.12. The normalized spacial score (nSPS) is 19.2. The van der Waals surface area contributed by atoms with Crippen molar-refractivity contribution in [2.24, 2.45) is 0 Å². The van der Waals surface area contributed by atoms with Crippen LogP contribution in [0.3, 0.4) is 0 Å². The summed E-state index contributed by atoms with van der Waals surface area (Å²) >= 11 is 0. The van der Waals surface area contributed by atoms with Crippen molar-refractivity contribution < 1.29 is 23.5 Å². The lowest BCUT2D eigenvalue weighted by Gasteiger charge is -2.41. The van der Waals surface area contributed by atoms with E-state index in [1.165, 1.54) is 16.5 Å². The number of piperidine rings is 1. The van der Waals surface area contributed by atoms with Crippen LogP contribution in [0, 0.1) is 17.1 Å². The number of hydrogen-bond donors (Lipinski definition) is 1. The summed E-state index contributed by atoms with van der Waals surface area (Å²) in [5, 5.41) is 11.4. The van der Waals surface area contributed by atoms with Crippen LogP contribution in [-0.4, -0.2) is 85.3 Å². The first kappa shape index (κ1) is 31.2. The van der Waals surface area contributed by atoms with Gasteiger partial charge in [0.15, 0.2) is 0 Å². The minimum atomic E-state index is -0.673. The molecule has 238 valence electrons. The monoisotopic (exact) mass is 624 g/mol. The molecule has 2 saturated heterocycles. The summed E-state index contributed by atoms with van der Waals surface area (Å²) in [5.41, 5.74) is 4.29. The lowest BCUT2D eigenvalue weighted by Crippen LogP contribution is -2.52. The average Bonchev–Trinajstić information content (AvgIpc) is 3.39. The number of amides is 3. The van der Waals surface area contributed by atoms with Crippen LogP contribution in [-0.2, 0) is 22.7 Å². The van der Waals surface area contributed by atoms with Crippen molar-refractivity contribution in [2.75, 3.05) is 51.7 Å². The van der Waals surface area contributed by atoms with Gasteiger partial charge in [-0.1, -0.05) is 30.3 Å². The first-order valence-electron chi connectivity index (χ1n) is 15.5. The van der Waals surface area contributed by atoms with Crippen LogP contribution < -0.4 is 15.0 Å². The zero-order chi connectivity index (χ0) is 32.4. The van der Waals surface area contributed by atoms with Crippen molar-refractivity contribution in [3.8, 4) is 11.8 Å². The number of anilines is 1. The molecular formula is C35H37FN6O4. The molecule has 3 amide bonds. The highest BCUT2D eigenvalue weighted by atomic mass is 19.1. The fraction of sp³-hybridized carbons (Fsp3) is 0.371. The topological polar surface area (TPSA) is 109 Å². The molecule has 0 aliphatic carbocycles. The molecule has 10 nitrogen and oxygen atoms in total. The van der Waals surface area contributed by atoms with E-state index in [-0.39, 0.29) is 36.6 Å². The molecule has 1 unspecified atom stereocenters. The highest BCUT2D eigenvalue weighted by Gasteiger charge is 2.40. The molecule has 0 spiro atoms. The van der Waals surface area contributed by atoms with Gasteiger partial charge in [-0.15, -0.1) is 0 Å². The summed E-state index contributed by atoms with van der Waals surface area (Å²) in [6.45, 7) is 4.32. The molecule has 0 saturated carbocycles. The van der Waals surface area contributed by atoms with Crippen molar-refractivity contribution in [1.82, 2.24) is 20.0 Å². The minimum absolute atomic E-state index is 0.152. The minimum Gasteiger partial charge on any atom is -0.489 e. The lowest BCUT2D eigenvalue weighted by molar-refractivity contribution is -0.136. The van der Waals surface area contributed by atoms with Crippen molar-refractivity contribution >= 4 is 23.4 Å². The molecule has 3 aromatic rings. The van der Waals surface area contributed by atoms with E-state index in [4.69, 9.17) is 10.00 Å². The van der Waals surface area contributed by atoms with Crippen LogP contribution in [0.1, 0.15) is 51.5 Å². The number of benzene rings is 3. The van der Waals surface area contributed by atoms with Crippen molar-refractivity contribution in [1.29, 1.82) is 5.26 Å². The highest BCUT2D eigenvalue weighted by Crippen LogP contribution is 2.34. The number of nitrogens with one attached hydrogen (secondary N) is 1. The Labute approximate surface area is 267 Å². The SMILES string of the molecule is CN(C)CC(c1ccc(COc2cccc3c2CN([C@H]2CCC(=O)NC2=O)C3=O)cc1)N1CCN(c2ccc(C#N)cc2F)CC1. The summed E-state index contributed by atoms with van der Waals surface area (Å²) in [5.74, 6) is -0.739. The summed E-state index contributed by atoms with van der Waals surface area (Å²) in [6.07, 6.45) is 0.521. The third kappa shape index (κ3) is 6.45. The Bertz CT molecular complexity index is 1680. The van der Waals surface area contributed by atoms with Crippen molar-refractivity contribution in [2.45, 2.75) is 38.1 Å². The largest absolute Gasteiger partial charge is 0.489 e. The summed E-state index contributed by atoms with van der Waals surface area (Å²) in [6, 6.07) is 19.9. The third-order valence-corrected chi connectivity index (χ3v) is 9.01. The van der Waals surface area contributed by atoms with Gasteiger partial charge in [0.2, 0.25) is 11.8 Å². The Morgan fingerprint density at radius 1 is 1.04 bits per heavy atom. The Morgan fingerprint density at radius 2 is 1.80 bits per heavy atom. The van der Waals surface area contributed by atoms with Gasteiger partial charge in [-0.25, -0.2) is 4.39 Å². The average molecular weight is 625 g/mol. The maximum atomic E-state index is 14.7. The van der Waals surface area contributed by atoms with E-state index in [9.17, 15) is 18.8 Å². The zero-order valence-corrected chi connectivity index (χ0v) is 26.0. The molecule has 3 aliphatic heterocycles. The number of ether oxygens (including phenoxy) is 1. The highest BCUT2D eigenvalue weighted by molar-refractivity contribution is 6.05. The number of nitriles is 1. The number of imide groups is 1. The van der Waals surface area contributed by atoms with Crippen molar-refractivity contribution in [3.05, 3.63) is 94.3 Å². The quantitative estimate of drug-likeness (QED) is 0.361. The lowest BCUT2D eigenvalue weighted by atomic mass is 10.0. The number of nitrogens with zero attached hydrogens (tertiary/aromatic N) is 5. The standard InChI is InChI=1S/C35H37FN6O4/c1-39(2)21-31(41-16-14-40(15-17-41)29-11-8-24(19-37)18-28(29)36)25-9-6-23(7-10-25)22-46-32-5-3-4-26-27(32)20-42(35(26)45)30-12-13-33(43)38-34(30)44/h3-11,18,30-31H,12-17,20-22H2,1-2H3,(H,38,43,44)/t30-,31?/m0/s1. The Morgan fingerprint density at radius 3 is 2.48 bits per heavy atom. The van der Waals surface area contributed by atoms with Gasteiger partial charge in [0.05, 0.1) is 23.9 Å². The molecular weight excluding hydrogens is 587 g/mol. The number of carbonyl (C=O) groups is 3. The number of rotatable bonds is 9. The van der Waals surface area contributed by atoms with E-state index < -0.39 is 11.9 Å². The first-order valence-corrected chi connectivity index (χ1v) is 15.5. The van der Waals surface area contributed by atoms with Gasteiger partial charge in [0.1, 0.15) is 24.2 Å². The molecule has 46 heavy (non-hydrogen) atoms.